The van der Waals surface area contributed by atoms with Crippen molar-refractivity contribution < 1.29 is 8.42 Å². The third kappa shape index (κ3) is 2.86. The smallest absolute Gasteiger partial charge is 0.243 e. The third-order valence-corrected chi connectivity index (χ3v) is 6.34. The molecule has 6 heteroatoms. The molecule has 0 aromatic heterocycles. The average Bonchev–Trinajstić information content (AvgIpc) is 2.41. The summed E-state index contributed by atoms with van der Waals surface area (Å²) in [6, 6.07) is 3.30. The second kappa shape index (κ2) is 6.02. The van der Waals surface area contributed by atoms with Crippen molar-refractivity contribution in [2.45, 2.75) is 50.6 Å². The number of nitrogens with zero attached hydrogens (tertiary/aromatic N) is 1. The first kappa shape index (κ1) is 15.8. The summed E-state index contributed by atoms with van der Waals surface area (Å²) in [6.45, 7) is 4.61. The molecule has 0 spiro atoms. The Bertz CT molecular complexity index is 601. The summed E-state index contributed by atoms with van der Waals surface area (Å²) in [4.78, 5) is 0.291. The van der Waals surface area contributed by atoms with Gasteiger partial charge in [0.25, 0.3) is 0 Å². The van der Waals surface area contributed by atoms with Crippen LogP contribution in [-0.2, 0) is 16.6 Å². The van der Waals surface area contributed by atoms with Crippen LogP contribution in [0, 0.1) is 6.92 Å². The third-order valence-electron chi connectivity index (χ3n) is 3.98. The van der Waals surface area contributed by atoms with Crippen LogP contribution in [0.25, 0.3) is 0 Å². The molecule has 0 saturated carbocycles. The molecule has 0 amide bonds. The predicted molar refractivity (Wildman–Crippen MR) is 81.3 cm³/mol. The van der Waals surface area contributed by atoms with Crippen LogP contribution < -0.4 is 5.73 Å². The van der Waals surface area contributed by atoms with E-state index >= 15 is 0 Å². The summed E-state index contributed by atoms with van der Waals surface area (Å²) in [5.41, 5.74) is 7.15. The lowest BCUT2D eigenvalue weighted by molar-refractivity contribution is 0.268. The van der Waals surface area contributed by atoms with E-state index in [0.29, 0.717) is 22.0 Å². The minimum atomic E-state index is -3.50. The van der Waals surface area contributed by atoms with Gasteiger partial charge in [-0.2, -0.15) is 4.31 Å². The second-order valence-corrected chi connectivity index (χ2v) is 7.65. The Morgan fingerprint density at radius 3 is 2.70 bits per heavy atom. The van der Waals surface area contributed by atoms with Crippen molar-refractivity contribution in [2.75, 3.05) is 6.54 Å². The quantitative estimate of drug-likeness (QED) is 0.932. The van der Waals surface area contributed by atoms with Crippen molar-refractivity contribution in [1.29, 1.82) is 0 Å². The van der Waals surface area contributed by atoms with E-state index in [1.165, 1.54) is 6.07 Å². The van der Waals surface area contributed by atoms with Gasteiger partial charge in [-0.05, 0) is 49.9 Å². The van der Waals surface area contributed by atoms with Crippen molar-refractivity contribution in [3.63, 3.8) is 0 Å². The van der Waals surface area contributed by atoms with E-state index in [1.807, 2.05) is 6.92 Å². The van der Waals surface area contributed by atoms with E-state index in [2.05, 4.69) is 0 Å². The van der Waals surface area contributed by atoms with E-state index < -0.39 is 10.0 Å². The van der Waals surface area contributed by atoms with Gasteiger partial charge in [0, 0.05) is 24.2 Å². The van der Waals surface area contributed by atoms with Crippen LogP contribution in [-0.4, -0.2) is 25.3 Å². The zero-order valence-corrected chi connectivity index (χ0v) is 13.5. The first-order valence-electron chi connectivity index (χ1n) is 6.89. The number of hydrogen-bond acceptors (Lipinski definition) is 3. The summed E-state index contributed by atoms with van der Waals surface area (Å²) >= 11 is 6.04. The molecule has 1 unspecified atom stereocenters. The molecule has 1 saturated heterocycles. The van der Waals surface area contributed by atoms with Gasteiger partial charge in [0.05, 0.1) is 4.90 Å². The molecule has 1 heterocycles. The highest BCUT2D eigenvalue weighted by atomic mass is 35.5. The predicted octanol–water partition coefficient (Wildman–Crippen LogP) is 2.67. The van der Waals surface area contributed by atoms with Gasteiger partial charge in [-0.3, -0.25) is 0 Å². The van der Waals surface area contributed by atoms with Crippen LogP contribution in [0.4, 0.5) is 0 Å². The highest BCUT2D eigenvalue weighted by Gasteiger charge is 2.32. The van der Waals surface area contributed by atoms with Crippen LogP contribution in [0.3, 0.4) is 0 Å². The van der Waals surface area contributed by atoms with Gasteiger partial charge < -0.3 is 5.73 Å². The molecule has 1 aromatic rings. The molecule has 1 aromatic carbocycles. The van der Waals surface area contributed by atoms with E-state index in [1.54, 1.807) is 17.3 Å². The summed E-state index contributed by atoms with van der Waals surface area (Å²) in [7, 11) is -3.50. The second-order valence-electron chi connectivity index (χ2n) is 5.35. The fourth-order valence-corrected chi connectivity index (χ4v) is 5.04. The molecule has 1 atom stereocenters. The fraction of sp³-hybridized carbons (Fsp3) is 0.571. The largest absolute Gasteiger partial charge is 0.326 e. The van der Waals surface area contributed by atoms with Gasteiger partial charge in [-0.25, -0.2) is 8.42 Å². The van der Waals surface area contributed by atoms with Crippen molar-refractivity contribution in [3.8, 4) is 0 Å². The molecule has 4 nitrogen and oxygen atoms in total. The van der Waals surface area contributed by atoms with Crippen LogP contribution >= 0.6 is 11.6 Å². The first-order valence-corrected chi connectivity index (χ1v) is 8.70. The lowest BCUT2D eigenvalue weighted by atomic mass is 10.1. The van der Waals surface area contributed by atoms with Gasteiger partial charge in [-0.15, -0.1) is 0 Å². The van der Waals surface area contributed by atoms with Crippen LogP contribution in [0.2, 0.25) is 5.02 Å². The maximum Gasteiger partial charge on any atom is 0.243 e. The Labute approximate surface area is 126 Å². The summed E-state index contributed by atoms with van der Waals surface area (Å²) in [6.07, 6.45) is 2.89. The number of sulfonamides is 1. The minimum absolute atomic E-state index is 0.0356. The summed E-state index contributed by atoms with van der Waals surface area (Å²) in [5.74, 6) is 0. The van der Waals surface area contributed by atoms with Crippen LogP contribution in [0.5, 0.6) is 0 Å². The Balaban J connectivity index is 2.51. The zero-order valence-electron chi connectivity index (χ0n) is 11.9. The summed E-state index contributed by atoms with van der Waals surface area (Å²) in [5, 5.41) is 0.416. The molecule has 1 aliphatic rings. The number of hydrogen-bond donors (Lipinski definition) is 1. The molecule has 2 rings (SSSR count). The molecule has 0 radical (unpaired) electrons. The first-order chi connectivity index (χ1) is 9.37. The van der Waals surface area contributed by atoms with Crippen molar-refractivity contribution in [2.24, 2.45) is 5.73 Å². The molecular formula is C14H21ClN2O2S. The van der Waals surface area contributed by atoms with E-state index in [4.69, 9.17) is 17.3 Å². The Morgan fingerprint density at radius 1 is 1.40 bits per heavy atom. The van der Waals surface area contributed by atoms with Crippen LogP contribution in [0.15, 0.2) is 17.0 Å². The van der Waals surface area contributed by atoms with Crippen molar-refractivity contribution in [3.05, 3.63) is 28.3 Å². The maximum absolute atomic E-state index is 12.9. The van der Waals surface area contributed by atoms with Crippen molar-refractivity contribution in [1.82, 2.24) is 4.31 Å². The molecule has 2 N–H and O–H groups in total. The molecule has 112 valence electrons. The molecule has 1 aliphatic heterocycles. The number of benzene rings is 1. The highest BCUT2D eigenvalue weighted by Crippen LogP contribution is 2.30. The van der Waals surface area contributed by atoms with Crippen molar-refractivity contribution >= 4 is 21.6 Å². The Kier molecular flexibility index (Phi) is 4.74. The normalized spacial score (nSPS) is 21.1. The molecule has 0 aliphatic carbocycles. The highest BCUT2D eigenvalue weighted by molar-refractivity contribution is 7.89. The lowest BCUT2D eigenvalue weighted by Crippen LogP contribution is -2.42. The maximum atomic E-state index is 12.9. The number of rotatable bonds is 3. The lowest BCUT2D eigenvalue weighted by Gasteiger charge is -2.33. The van der Waals surface area contributed by atoms with E-state index in [-0.39, 0.29) is 12.6 Å². The van der Waals surface area contributed by atoms with E-state index in [9.17, 15) is 8.42 Å². The fourth-order valence-electron chi connectivity index (χ4n) is 2.74. The molecule has 0 bridgehead atoms. The van der Waals surface area contributed by atoms with Crippen LogP contribution in [0.1, 0.15) is 37.3 Å². The molecule has 1 fully saturated rings. The van der Waals surface area contributed by atoms with Gasteiger partial charge in [-0.1, -0.05) is 18.0 Å². The van der Waals surface area contributed by atoms with Gasteiger partial charge in [0.1, 0.15) is 0 Å². The SMILES string of the molecule is Cc1c(CN)cc(Cl)cc1S(=O)(=O)N1CCCCC1C. The number of nitrogens with two attached hydrogens (primary N) is 1. The van der Waals surface area contributed by atoms with Gasteiger partial charge >= 0.3 is 0 Å². The molecular weight excluding hydrogens is 296 g/mol. The standard InChI is InChI=1S/C14H21ClN2O2S/c1-10-5-3-4-6-17(10)20(18,19)14-8-13(15)7-12(9-16)11(14)2/h7-8,10H,3-6,9,16H2,1-2H3. The van der Waals surface area contributed by atoms with Gasteiger partial charge in [0.15, 0.2) is 0 Å². The molecule has 20 heavy (non-hydrogen) atoms. The minimum Gasteiger partial charge on any atom is -0.326 e. The monoisotopic (exact) mass is 316 g/mol. The zero-order chi connectivity index (χ0) is 14.9. The Morgan fingerprint density at radius 2 is 2.10 bits per heavy atom. The van der Waals surface area contributed by atoms with Gasteiger partial charge in [0.2, 0.25) is 10.0 Å². The average molecular weight is 317 g/mol. The Hall–Kier alpha value is -0.620. The van der Waals surface area contributed by atoms with E-state index in [0.717, 1.165) is 24.8 Å². The number of halogens is 1. The number of piperidine rings is 1. The summed E-state index contributed by atoms with van der Waals surface area (Å²) < 4.78 is 27.3. The topological polar surface area (TPSA) is 63.4 Å².